The van der Waals surface area contributed by atoms with Crippen LogP contribution in [0.25, 0.3) is 0 Å². The number of amides is 2. The molecule has 1 saturated carbocycles. The van der Waals surface area contributed by atoms with Crippen molar-refractivity contribution in [3.05, 3.63) is 29.8 Å². The Kier molecular flexibility index (Phi) is 5.14. The van der Waals surface area contributed by atoms with Crippen LogP contribution in [0.4, 0.5) is 0 Å². The van der Waals surface area contributed by atoms with E-state index in [4.69, 9.17) is 4.74 Å². The zero-order valence-electron chi connectivity index (χ0n) is 19.2. The van der Waals surface area contributed by atoms with Crippen molar-refractivity contribution in [2.45, 2.75) is 53.4 Å². The number of nitrogens with zero attached hydrogens (tertiary/aromatic N) is 2. The van der Waals surface area contributed by atoms with E-state index in [2.05, 4.69) is 32.6 Å². The van der Waals surface area contributed by atoms with Crippen molar-refractivity contribution in [2.24, 2.45) is 22.2 Å². The zero-order valence-corrected chi connectivity index (χ0v) is 19.2. The maximum absolute atomic E-state index is 13.1. The first-order valence-corrected chi connectivity index (χ1v) is 11.3. The summed E-state index contributed by atoms with van der Waals surface area (Å²) in [6, 6.07) is 7.74. The van der Waals surface area contributed by atoms with Crippen LogP contribution in [0.2, 0.25) is 0 Å². The van der Waals surface area contributed by atoms with Crippen LogP contribution < -0.4 is 4.74 Å². The van der Waals surface area contributed by atoms with E-state index in [1.54, 1.807) is 7.11 Å². The lowest BCUT2D eigenvalue weighted by Crippen LogP contribution is -2.45. The monoisotopic (exact) mass is 412 g/mol. The van der Waals surface area contributed by atoms with Gasteiger partial charge in [-0.2, -0.15) is 0 Å². The summed E-state index contributed by atoms with van der Waals surface area (Å²) in [7, 11) is 1.64. The van der Waals surface area contributed by atoms with Gasteiger partial charge in [0.25, 0.3) is 0 Å². The Bertz CT molecular complexity index is 823. The summed E-state index contributed by atoms with van der Waals surface area (Å²) in [5.41, 5.74) is 1.38. The van der Waals surface area contributed by atoms with E-state index in [0.29, 0.717) is 12.3 Å². The highest BCUT2D eigenvalue weighted by Gasteiger charge is 2.69. The fraction of sp³-hybridized carbons (Fsp3) is 0.680. The second-order valence-corrected chi connectivity index (χ2v) is 10.8. The quantitative estimate of drug-likeness (QED) is 0.757. The molecule has 2 amide bonds. The average molecular weight is 413 g/mol. The summed E-state index contributed by atoms with van der Waals surface area (Å²) >= 11 is 0. The first-order valence-electron chi connectivity index (χ1n) is 11.3. The van der Waals surface area contributed by atoms with Crippen LogP contribution in [0.1, 0.15) is 52.5 Å². The van der Waals surface area contributed by atoms with Gasteiger partial charge in [-0.1, -0.05) is 39.8 Å². The standard InChI is InChI=1S/C25H36N2O3/c1-23(2)21(24(23,3)4)22(29)27-14-11-25(17-27)9-12-26(13-10-25)20(28)16-18-7-6-8-19(15-18)30-5/h6-8,15,21H,9-14,16-17H2,1-5H3. The van der Waals surface area contributed by atoms with Crippen molar-refractivity contribution < 1.29 is 14.3 Å². The van der Waals surface area contributed by atoms with Crippen molar-refractivity contribution in [2.75, 3.05) is 33.3 Å². The molecule has 0 N–H and O–H groups in total. The van der Waals surface area contributed by atoms with Gasteiger partial charge < -0.3 is 14.5 Å². The molecule has 2 saturated heterocycles. The average Bonchev–Trinajstić information content (AvgIpc) is 2.97. The van der Waals surface area contributed by atoms with Gasteiger partial charge in [-0.3, -0.25) is 9.59 Å². The highest BCUT2D eigenvalue weighted by atomic mass is 16.5. The molecule has 5 heteroatoms. The molecule has 0 radical (unpaired) electrons. The molecule has 4 rings (SSSR count). The second kappa shape index (κ2) is 7.28. The fourth-order valence-electron chi connectivity index (χ4n) is 5.83. The Hall–Kier alpha value is -2.04. The van der Waals surface area contributed by atoms with Gasteiger partial charge in [-0.25, -0.2) is 0 Å². The summed E-state index contributed by atoms with van der Waals surface area (Å²) in [6.45, 7) is 12.2. The van der Waals surface area contributed by atoms with Crippen molar-refractivity contribution in [3.8, 4) is 5.75 Å². The second-order valence-electron chi connectivity index (χ2n) is 10.8. The van der Waals surface area contributed by atoms with E-state index >= 15 is 0 Å². The number of piperidine rings is 1. The first kappa shape index (κ1) is 21.2. The van der Waals surface area contributed by atoms with Gasteiger partial charge in [-0.05, 0) is 53.2 Å². The molecule has 0 aromatic heterocycles. The SMILES string of the molecule is COc1cccc(CC(=O)N2CCC3(CC2)CCN(C(=O)C2C(C)(C)C2(C)C)C3)c1. The molecular formula is C25H36N2O3. The summed E-state index contributed by atoms with van der Waals surface area (Å²) in [4.78, 5) is 30.1. The largest absolute Gasteiger partial charge is 0.497 e. The maximum Gasteiger partial charge on any atom is 0.226 e. The van der Waals surface area contributed by atoms with Crippen LogP contribution in [-0.2, 0) is 16.0 Å². The highest BCUT2D eigenvalue weighted by molar-refractivity contribution is 5.84. The van der Waals surface area contributed by atoms with E-state index in [1.165, 1.54) is 0 Å². The summed E-state index contributed by atoms with van der Waals surface area (Å²) in [5, 5.41) is 0. The zero-order chi connectivity index (χ0) is 21.7. The summed E-state index contributed by atoms with van der Waals surface area (Å²) in [5.74, 6) is 1.46. The number of hydrogen-bond donors (Lipinski definition) is 0. The Morgan fingerprint density at radius 1 is 1.00 bits per heavy atom. The molecule has 164 valence electrons. The smallest absolute Gasteiger partial charge is 0.226 e. The summed E-state index contributed by atoms with van der Waals surface area (Å²) < 4.78 is 5.26. The van der Waals surface area contributed by atoms with Crippen LogP contribution in [0.5, 0.6) is 5.75 Å². The van der Waals surface area contributed by atoms with E-state index in [0.717, 1.165) is 56.8 Å². The van der Waals surface area contributed by atoms with Crippen molar-refractivity contribution in [3.63, 3.8) is 0 Å². The highest BCUT2D eigenvalue weighted by Crippen LogP contribution is 2.69. The minimum absolute atomic E-state index is 0.0930. The lowest BCUT2D eigenvalue weighted by molar-refractivity contribution is -0.135. The molecular weight excluding hydrogens is 376 g/mol. The third-order valence-corrected chi connectivity index (χ3v) is 8.68. The molecule has 1 spiro atoms. The normalized spacial score (nSPS) is 24.2. The number of hydrogen-bond acceptors (Lipinski definition) is 3. The van der Waals surface area contributed by atoms with Crippen LogP contribution in [0.3, 0.4) is 0 Å². The van der Waals surface area contributed by atoms with E-state index in [-0.39, 0.29) is 28.1 Å². The molecule has 2 aliphatic heterocycles. The Balaban J connectivity index is 1.31. The first-order chi connectivity index (χ1) is 14.1. The van der Waals surface area contributed by atoms with Gasteiger partial charge in [0.05, 0.1) is 13.5 Å². The van der Waals surface area contributed by atoms with Gasteiger partial charge in [0.1, 0.15) is 5.75 Å². The molecule has 2 heterocycles. The fourth-order valence-corrected chi connectivity index (χ4v) is 5.83. The molecule has 3 aliphatic rings. The van der Waals surface area contributed by atoms with Gasteiger partial charge in [0.15, 0.2) is 0 Å². The molecule has 5 nitrogen and oxygen atoms in total. The number of carbonyl (C=O) groups is 2. The van der Waals surface area contributed by atoms with Crippen LogP contribution in [0.15, 0.2) is 24.3 Å². The van der Waals surface area contributed by atoms with Crippen molar-refractivity contribution in [1.82, 2.24) is 9.80 Å². The molecule has 1 aromatic rings. The van der Waals surface area contributed by atoms with Gasteiger partial charge in [0, 0.05) is 32.1 Å². The topological polar surface area (TPSA) is 49.9 Å². The number of methoxy groups -OCH3 is 1. The van der Waals surface area contributed by atoms with Gasteiger partial charge in [-0.15, -0.1) is 0 Å². The van der Waals surface area contributed by atoms with E-state index < -0.39 is 0 Å². The van der Waals surface area contributed by atoms with E-state index in [1.807, 2.05) is 29.2 Å². The van der Waals surface area contributed by atoms with Crippen molar-refractivity contribution in [1.29, 1.82) is 0 Å². The maximum atomic E-state index is 13.1. The van der Waals surface area contributed by atoms with Crippen LogP contribution >= 0.6 is 0 Å². The minimum Gasteiger partial charge on any atom is -0.497 e. The third kappa shape index (κ3) is 3.50. The van der Waals surface area contributed by atoms with Gasteiger partial charge >= 0.3 is 0 Å². The molecule has 1 aromatic carbocycles. The third-order valence-electron chi connectivity index (χ3n) is 8.68. The van der Waals surface area contributed by atoms with Crippen molar-refractivity contribution >= 4 is 11.8 Å². The number of likely N-dealkylation sites (tertiary alicyclic amines) is 2. The van der Waals surface area contributed by atoms with Crippen LogP contribution in [0, 0.1) is 22.2 Å². The number of rotatable bonds is 4. The van der Waals surface area contributed by atoms with Crippen LogP contribution in [-0.4, -0.2) is 54.9 Å². The number of benzene rings is 1. The lowest BCUT2D eigenvalue weighted by atomic mass is 9.77. The predicted molar refractivity (Wildman–Crippen MR) is 117 cm³/mol. The molecule has 0 atom stereocenters. The van der Waals surface area contributed by atoms with E-state index in [9.17, 15) is 9.59 Å². The summed E-state index contributed by atoms with van der Waals surface area (Å²) in [6.07, 6.45) is 3.49. The van der Waals surface area contributed by atoms with Gasteiger partial charge in [0.2, 0.25) is 11.8 Å². The lowest BCUT2D eigenvalue weighted by Gasteiger charge is -2.39. The minimum atomic E-state index is 0.0930. The Labute approximate surface area is 180 Å². The number of ether oxygens (including phenoxy) is 1. The molecule has 1 aliphatic carbocycles. The molecule has 30 heavy (non-hydrogen) atoms. The predicted octanol–water partition coefficient (Wildman–Crippen LogP) is 3.76. The Morgan fingerprint density at radius 3 is 2.17 bits per heavy atom. The molecule has 3 fully saturated rings. The Morgan fingerprint density at radius 2 is 1.60 bits per heavy atom. The number of carbonyl (C=O) groups excluding carboxylic acids is 2. The molecule has 0 bridgehead atoms. The molecule has 0 unspecified atom stereocenters.